The van der Waals surface area contributed by atoms with Crippen molar-refractivity contribution in [1.82, 2.24) is 4.98 Å². The molecule has 1 heterocycles. The molecule has 0 bridgehead atoms. The molecule has 0 amide bonds. The van der Waals surface area contributed by atoms with Gasteiger partial charge in [0.25, 0.3) is 0 Å². The molecular formula is C7H6ClNO3. The average molecular weight is 188 g/mol. The second-order valence-corrected chi connectivity index (χ2v) is 2.40. The lowest BCUT2D eigenvalue weighted by molar-refractivity contribution is 0.0594. The Morgan fingerprint density at radius 1 is 1.67 bits per heavy atom. The molecule has 0 fully saturated rings. The quantitative estimate of drug-likeness (QED) is 0.662. The van der Waals surface area contributed by atoms with Crippen molar-refractivity contribution in [3.05, 3.63) is 33.2 Å². The van der Waals surface area contributed by atoms with E-state index in [9.17, 15) is 9.59 Å². The number of ether oxygens (including phenoxy) is 1. The van der Waals surface area contributed by atoms with Gasteiger partial charge in [-0.05, 0) is 0 Å². The summed E-state index contributed by atoms with van der Waals surface area (Å²) in [6, 6.07) is 1.23. The molecule has 0 unspecified atom stereocenters. The first-order valence-electron chi connectivity index (χ1n) is 3.12. The highest BCUT2D eigenvalue weighted by molar-refractivity contribution is 6.33. The monoisotopic (exact) mass is 187 g/mol. The predicted molar refractivity (Wildman–Crippen MR) is 43.4 cm³/mol. The molecule has 0 radical (unpaired) electrons. The zero-order chi connectivity index (χ0) is 9.14. The average Bonchev–Trinajstić information content (AvgIpc) is 2.08. The van der Waals surface area contributed by atoms with E-state index in [0.29, 0.717) is 0 Å². The Morgan fingerprint density at radius 3 is 2.92 bits per heavy atom. The number of aromatic amines is 1. The molecular weight excluding hydrogens is 182 g/mol. The Kier molecular flexibility index (Phi) is 2.50. The van der Waals surface area contributed by atoms with Crippen molar-refractivity contribution in [2.45, 2.75) is 0 Å². The zero-order valence-electron chi connectivity index (χ0n) is 6.26. The second-order valence-electron chi connectivity index (χ2n) is 2.02. The predicted octanol–water partition coefficient (Wildman–Crippen LogP) is 0.815. The number of hydrogen-bond acceptors (Lipinski definition) is 3. The number of carbonyl (C=O) groups excluding carboxylic acids is 1. The largest absolute Gasteiger partial charge is 0.464 e. The van der Waals surface area contributed by atoms with Gasteiger partial charge in [0.05, 0.1) is 7.11 Å². The van der Waals surface area contributed by atoms with Gasteiger partial charge in [-0.2, -0.15) is 0 Å². The standard InChI is InChI=1S/C7H6ClNO3/c1-12-7(11)6-5(8)4(10)2-3-9-6/h2-3H,1H3,(H,9,10). The first kappa shape index (κ1) is 8.80. The highest BCUT2D eigenvalue weighted by atomic mass is 35.5. The molecule has 0 aliphatic heterocycles. The minimum absolute atomic E-state index is 0.0216. The maximum atomic E-state index is 10.9. The van der Waals surface area contributed by atoms with Crippen molar-refractivity contribution in [2.75, 3.05) is 7.11 Å². The Bertz CT molecular complexity index is 358. The summed E-state index contributed by atoms with van der Waals surface area (Å²) in [6.45, 7) is 0. The maximum Gasteiger partial charge on any atom is 0.356 e. The number of rotatable bonds is 1. The number of methoxy groups -OCH3 is 1. The second kappa shape index (κ2) is 3.40. The van der Waals surface area contributed by atoms with Gasteiger partial charge in [0.2, 0.25) is 5.43 Å². The smallest absolute Gasteiger partial charge is 0.356 e. The molecule has 0 aliphatic carbocycles. The number of H-pyrrole nitrogens is 1. The van der Waals surface area contributed by atoms with E-state index in [1.807, 2.05) is 0 Å². The summed E-state index contributed by atoms with van der Waals surface area (Å²) in [4.78, 5) is 24.3. The van der Waals surface area contributed by atoms with Gasteiger partial charge in [-0.3, -0.25) is 4.79 Å². The topological polar surface area (TPSA) is 59.2 Å². The fourth-order valence-electron chi connectivity index (χ4n) is 0.711. The fourth-order valence-corrected chi connectivity index (χ4v) is 0.906. The number of halogens is 1. The van der Waals surface area contributed by atoms with Crippen LogP contribution >= 0.6 is 11.6 Å². The molecule has 0 saturated carbocycles. The Labute approximate surface area is 73.1 Å². The number of hydrogen-bond donors (Lipinski definition) is 1. The minimum atomic E-state index is -0.655. The van der Waals surface area contributed by atoms with Gasteiger partial charge in [0, 0.05) is 12.3 Å². The molecule has 0 aliphatic rings. The van der Waals surface area contributed by atoms with Crippen LogP contribution < -0.4 is 5.43 Å². The molecule has 0 aromatic carbocycles. The summed E-state index contributed by atoms with van der Waals surface area (Å²) in [6.07, 6.45) is 1.33. The van der Waals surface area contributed by atoms with Crippen molar-refractivity contribution in [3.8, 4) is 0 Å². The van der Waals surface area contributed by atoms with Crippen LogP contribution in [0.5, 0.6) is 0 Å². The molecule has 12 heavy (non-hydrogen) atoms. The van der Waals surface area contributed by atoms with Crippen molar-refractivity contribution < 1.29 is 9.53 Å². The lowest BCUT2D eigenvalue weighted by atomic mass is 10.3. The SMILES string of the molecule is COC(=O)c1[nH]ccc(=O)c1Cl. The van der Waals surface area contributed by atoms with Gasteiger partial charge in [-0.25, -0.2) is 4.79 Å². The molecule has 0 spiro atoms. The Balaban J connectivity index is 3.26. The van der Waals surface area contributed by atoms with Gasteiger partial charge in [-0.1, -0.05) is 11.6 Å². The number of pyridine rings is 1. The third kappa shape index (κ3) is 1.48. The molecule has 1 aromatic heterocycles. The Morgan fingerprint density at radius 2 is 2.33 bits per heavy atom. The van der Waals surface area contributed by atoms with E-state index >= 15 is 0 Å². The van der Waals surface area contributed by atoms with Crippen LogP contribution in [0.15, 0.2) is 17.1 Å². The van der Waals surface area contributed by atoms with E-state index in [1.165, 1.54) is 19.4 Å². The zero-order valence-corrected chi connectivity index (χ0v) is 7.01. The van der Waals surface area contributed by atoms with Gasteiger partial charge in [0.1, 0.15) is 10.7 Å². The van der Waals surface area contributed by atoms with Gasteiger partial charge < -0.3 is 9.72 Å². The van der Waals surface area contributed by atoms with Gasteiger partial charge in [-0.15, -0.1) is 0 Å². The summed E-state index contributed by atoms with van der Waals surface area (Å²) in [5.74, 6) is -0.655. The molecule has 1 aromatic rings. The Hall–Kier alpha value is -1.29. The first-order chi connectivity index (χ1) is 5.66. The van der Waals surface area contributed by atoms with Crippen molar-refractivity contribution in [3.63, 3.8) is 0 Å². The first-order valence-corrected chi connectivity index (χ1v) is 3.50. The number of nitrogens with one attached hydrogen (secondary N) is 1. The molecule has 1 rings (SSSR count). The summed E-state index contributed by atoms with van der Waals surface area (Å²) in [5.41, 5.74) is -0.428. The van der Waals surface area contributed by atoms with E-state index in [2.05, 4.69) is 9.72 Å². The van der Waals surface area contributed by atoms with Gasteiger partial charge in [0.15, 0.2) is 0 Å². The van der Waals surface area contributed by atoms with E-state index in [4.69, 9.17) is 11.6 Å². The molecule has 1 N–H and O–H groups in total. The maximum absolute atomic E-state index is 10.9. The van der Waals surface area contributed by atoms with E-state index in [1.54, 1.807) is 0 Å². The lowest BCUT2D eigenvalue weighted by Crippen LogP contribution is -2.11. The molecule has 64 valence electrons. The third-order valence-electron chi connectivity index (χ3n) is 1.29. The molecule has 5 heteroatoms. The normalized spacial score (nSPS) is 9.50. The van der Waals surface area contributed by atoms with Crippen LogP contribution in [-0.2, 0) is 4.74 Å². The van der Waals surface area contributed by atoms with Crippen LogP contribution in [0, 0.1) is 0 Å². The van der Waals surface area contributed by atoms with Gasteiger partial charge >= 0.3 is 5.97 Å². The van der Waals surface area contributed by atoms with Crippen LogP contribution in [0.1, 0.15) is 10.5 Å². The summed E-state index contributed by atoms with van der Waals surface area (Å²) < 4.78 is 4.38. The number of aromatic nitrogens is 1. The number of carbonyl (C=O) groups is 1. The number of esters is 1. The summed E-state index contributed by atoms with van der Waals surface area (Å²) in [5, 5.41) is -0.149. The summed E-state index contributed by atoms with van der Waals surface area (Å²) in [7, 11) is 1.21. The molecule has 4 nitrogen and oxygen atoms in total. The van der Waals surface area contributed by atoms with Crippen LogP contribution in [0.2, 0.25) is 5.02 Å². The molecule has 0 saturated heterocycles. The van der Waals surface area contributed by atoms with Crippen molar-refractivity contribution in [2.24, 2.45) is 0 Å². The van der Waals surface area contributed by atoms with Crippen molar-refractivity contribution >= 4 is 17.6 Å². The fraction of sp³-hybridized carbons (Fsp3) is 0.143. The highest BCUT2D eigenvalue weighted by Crippen LogP contribution is 2.07. The van der Waals surface area contributed by atoms with Crippen molar-refractivity contribution in [1.29, 1.82) is 0 Å². The van der Waals surface area contributed by atoms with Crippen LogP contribution in [-0.4, -0.2) is 18.1 Å². The van der Waals surface area contributed by atoms with E-state index < -0.39 is 11.4 Å². The summed E-state index contributed by atoms with van der Waals surface area (Å²) >= 11 is 5.52. The van der Waals surface area contributed by atoms with Crippen LogP contribution in [0.3, 0.4) is 0 Å². The molecule has 0 atom stereocenters. The third-order valence-corrected chi connectivity index (χ3v) is 1.66. The van der Waals surface area contributed by atoms with Crippen LogP contribution in [0.4, 0.5) is 0 Å². The minimum Gasteiger partial charge on any atom is -0.464 e. The van der Waals surface area contributed by atoms with E-state index in [-0.39, 0.29) is 10.7 Å². The highest BCUT2D eigenvalue weighted by Gasteiger charge is 2.12. The lowest BCUT2D eigenvalue weighted by Gasteiger charge is -1.99. The van der Waals surface area contributed by atoms with Crippen LogP contribution in [0.25, 0.3) is 0 Å². The van der Waals surface area contributed by atoms with E-state index in [0.717, 1.165) is 0 Å².